The summed E-state index contributed by atoms with van der Waals surface area (Å²) in [7, 11) is 1.73. The van der Waals surface area contributed by atoms with Crippen LogP contribution in [0.2, 0.25) is 0 Å². The smallest absolute Gasteiger partial charge is 0.410 e. The van der Waals surface area contributed by atoms with Gasteiger partial charge < -0.3 is 30.4 Å². The maximum atomic E-state index is 12.3. The molecule has 0 saturated heterocycles. The minimum Gasteiger partial charge on any atom is -0.463 e. The second-order valence-corrected chi connectivity index (χ2v) is 8.73. The highest BCUT2D eigenvalue weighted by atomic mass is 16.6. The standard InChI is InChI=1S/C21H37N7O4/c1-6-7-14-31-18-25-16(22)15-17(26-18)28(19(29)24-15)13-9-11-23-10-8-12-27(5)20(30)32-21(2,3)4/h23H,6-14H2,1-5H3,(H,24,29)(H2,22,25,26). The summed E-state index contributed by atoms with van der Waals surface area (Å²) in [5, 5.41) is 3.33. The molecule has 2 rings (SSSR count). The number of hydrogen-bond donors (Lipinski definition) is 3. The minimum atomic E-state index is -0.498. The molecule has 4 N–H and O–H groups in total. The number of imidazole rings is 1. The van der Waals surface area contributed by atoms with E-state index in [2.05, 4.69) is 27.2 Å². The molecule has 1 amide bonds. The van der Waals surface area contributed by atoms with E-state index in [1.807, 2.05) is 20.8 Å². The number of nitrogens with zero attached hydrogens (tertiary/aromatic N) is 4. The predicted molar refractivity (Wildman–Crippen MR) is 124 cm³/mol. The highest BCUT2D eigenvalue weighted by Crippen LogP contribution is 2.18. The molecule has 0 bridgehead atoms. The number of nitrogens with two attached hydrogens (primary N) is 1. The monoisotopic (exact) mass is 451 g/mol. The summed E-state index contributed by atoms with van der Waals surface area (Å²) in [6, 6.07) is 0.184. The van der Waals surface area contributed by atoms with Crippen molar-refractivity contribution in [1.82, 2.24) is 29.7 Å². The Hall–Kier alpha value is -2.82. The molecule has 0 atom stereocenters. The number of ether oxygens (including phenoxy) is 2. The Labute approximate surface area is 188 Å². The van der Waals surface area contributed by atoms with Crippen LogP contribution in [0.3, 0.4) is 0 Å². The van der Waals surface area contributed by atoms with Gasteiger partial charge in [0.05, 0.1) is 6.61 Å². The SMILES string of the molecule is CCCCOc1nc(N)c2[nH]c(=O)n(CCCNCCCN(C)C(=O)OC(C)(C)C)c2n1. The average molecular weight is 452 g/mol. The third-order valence-electron chi connectivity index (χ3n) is 4.65. The number of aryl methyl sites for hydroxylation is 1. The number of nitrogen functional groups attached to an aromatic ring is 1. The Kier molecular flexibility index (Phi) is 9.30. The lowest BCUT2D eigenvalue weighted by atomic mass is 10.2. The summed E-state index contributed by atoms with van der Waals surface area (Å²) in [6.45, 7) is 10.7. The van der Waals surface area contributed by atoms with Gasteiger partial charge in [-0.2, -0.15) is 9.97 Å². The summed E-state index contributed by atoms with van der Waals surface area (Å²) in [6.07, 6.45) is 3.09. The number of aromatic amines is 1. The first-order valence-electron chi connectivity index (χ1n) is 11.2. The summed E-state index contributed by atoms with van der Waals surface area (Å²) >= 11 is 0. The van der Waals surface area contributed by atoms with Gasteiger partial charge in [0.15, 0.2) is 11.5 Å². The van der Waals surface area contributed by atoms with Crippen molar-refractivity contribution in [3.8, 4) is 6.01 Å². The number of carbonyl (C=O) groups is 1. The number of H-pyrrole nitrogens is 1. The number of aromatic nitrogens is 4. The fourth-order valence-corrected chi connectivity index (χ4v) is 2.97. The van der Waals surface area contributed by atoms with Crippen molar-refractivity contribution in [2.24, 2.45) is 0 Å². The van der Waals surface area contributed by atoms with Crippen LogP contribution >= 0.6 is 0 Å². The number of anilines is 1. The molecular formula is C21H37N7O4. The zero-order valence-corrected chi connectivity index (χ0v) is 19.9. The molecule has 2 aromatic heterocycles. The number of rotatable bonds is 12. The molecule has 0 radical (unpaired) electrons. The highest BCUT2D eigenvalue weighted by molar-refractivity contribution is 5.81. The van der Waals surface area contributed by atoms with Crippen molar-refractivity contribution >= 4 is 23.1 Å². The Balaban J connectivity index is 1.79. The van der Waals surface area contributed by atoms with Crippen molar-refractivity contribution < 1.29 is 14.3 Å². The van der Waals surface area contributed by atoms with Gasteiger partial charge in [0.2, 0.25) is 0 Å². The van der Waals surface area contributed by atoms with Crippen molar-refractivity contribution in [1.29, 1.82) is 0 Å². The molecular weight excluding hydrogens is 414 g/mol. The van der Waals surface area contributed by atoms with Gasteiger partial charge in [0.1, 0.15) is 11.1 Å². The number of nitrogens with one attached hydrogen (secondary N) is 2. The normalized spacial score (nSPS) is 11.7. The van der Waals surface area contributed by atoms with Gasteiger partial charge in [-0.3, -0.25) is 4.57 Å². The molecule has 0 aromatic carbocycles. The largest absolute Gasteiger partial charge is 0.463 e. The number of amides is 1. The van der Waals surface area contributed by atoms with Crippen molar-refractivity contribution in [2.75, 3.05) is 39.0 Å². The van der Waals surface area contributed by atoms with Crippen LogP contribution in [0, 0.1) is 0 Å². The fraction of sp³-hybridized carbons (Fsp3) is 0.714. The van der Waals surface area contributed by atoms with E-state index in [0.717, 1.165) is 38.8 Å². The van der Waals surface area contributed by atoms with Crippen LogP contribution < -0.4 is 21.5 Å². The molecule has 11 heteroatoms. The van der Waals surface area contributed by atoms with E-state index in [1.165, 1.54) is 0 Å². The molecule has 0 aliphatic heterocycles. The zero-order chi connectivity index (χ0) is 23.7. The fourth-order valence-electron chi connectivity index (χ4n) is 2.97. The third-order valence-corrected chi connectivity index (χ3v) is 4.65. The van der Waals surface area contributed by atoms with Crippen LogP contribution in [0.15, 0.2) is 4.79 Å². The average Bonchev–Trinajstić information content (AvgIpc) is 3.02. The second-order valence-electron chi connectivity index (χ2n) is 8.73. The number of fused-ring (bicyclic) bond motifs is 1. The first-order chi connectivity index (χ1) is 15.1. The van der Waals surface area contributed by atoms with E-state index in [9.17, 15) is 9.59 Å². The number of hydrogen-bond acceptors (Lipinski definition) is 8. The van der Waals surface area contributed by atoms with Crippen LogP contribution in [-0.4, -0.2) is 69.4 Å². The maximum Gasteiger partial charge on any atom is 0.410 e. The molecule has 0 spiro atoms. The van der Waals surface area contributed by atoms with Gasteiger partial charge in [0, 0.05) is 20.1 Å². The quantitative estimate of drug-likeness (QED) is 0.417. The number of unbranched alkanes of at least 4 members (excludes halogenated alkanes) is 1. The van der Waals surface area contributed by atoms with E-state index < -0.39 is 5.60 Å². The number of carbonyl (C=O) groups excluding carboxylic acids is 1. The van der Waals surface area contributed by atoms with E-state index in [-0.39, 0.29) is 23.6 Å². The van der Waals surface area contributed by atoms with E-state index >= 15 is 0 Å². The zero-order valence-electron chi connectivity index (χ0n) is 19.9. The van der Waals surface area contributed by atoms with E-state index in [1.54, 1.807) is 16.5 Å². The van der Waals surface area contributed by atoms with Crippen molar-refractivity contribution in [3.05, 3.63) is 10.5 Å². The van der Waals surface area contributed by atoms with Gasteiger partial charge in [-0.15, -0.1) is 0 Å². The van der Waals surface area contributed by atoms with Gasteiger partial charge in [-0.1, -0.05) is 13.3 Å². The van der Waals surface area contributed by atoms with Crippen LogP contribution in [0.4, 0.5) is 10.6 Å². The summed E-state index contributed by atoms with van der Waals surface area (Å²) in [5.74, 6) is 0.199. The summed E-state index contributed by atoms with van der Waals surface area (Å²) in [4.78, 5) is 37.1. The van der Waals surface area contributed by atoms with Gasteiger partial charge >= 0.3 is 17.8 Å². The van der Waals surface area contributed by atoms with Crippen molar-refractivity contribution in [3.63, 3.8) is 0 Å². The van der Waals surface area contributed by atoms with Crippen LogP contribution in [-0.2, 0) is 11.3 Å². The van der Waals surface area contributed by atoms with Gasteiger partial charge in [-0.05, 0) is 53.1 Å². The van der Waals surface area contributed by atoms with Gasteiger partial charge in [-0.25, -0.2) is 9.59 Å². The molecule has 11 nitrogen and oxygen atoms in total. The Morgan fingerprint density at radius 1 is 1.22 bits per heavy atom. The Bertz CT molecular complexity index is 933. The van der Waals surface area contributed by atoms with E-state index in [4.69, 9.17) is 15.2 Å². The molecule has 180 valence electrons. The lowest BCUT2D eigenvalue weighted by molar-refractivity contribution is 0.0297. The molecule has 2 heterocycles. The minimum absolute atomic E-state index is 0.184. The molecule has 0 aliphatic carbocycles. The Morgan fingerprint density at radius 3 is 2.62 bits per heavy atom. The van der Waals surface area contributed by atoms with E-state index in [0.29, 0.717) is 30.9 Å². The molecule has 32 heavy (non-hydrogen) atoms. The third kappa shape index (κ3) is 7.70. The van der Waals surface area contributed by atoms with Crippen LogP contribution in [0.1, 0.15) is 53.4 Å². The topological polar surface area (TPSA) is 140 Å². The highest BCUT2D eigenvalue weighted by Gasteiger charge is 2.19. The first-order valence-corrected chi connectivity index (χ1v) is 11.2. The van der Waals surface area contributed by atoms with Crippen LogP contribution in [0.5, 0.6) is 6.01 Å². The molecule has 0 saturated carbocycles. The van der Waals surface area contributed by atoms with Crippen molar-refractivity contribution in [2.45, 2.75) is 65.5 Å². The molecule has 0 unspecified atom stereocenters. The molecule has 0 fully saturated rings. The molecule has 0 aliphatic rings. The summed E-state index contributed by atoms with van der Waals surface area (Å²) < 4.78 is 12.4. The molecule has 2 aromatic rings. The predicted octanol–water partition coefficient (Wildman–Crippen LogP) is 2.12. The van der Waals surface area contributed by atoms with Crippen LogP contribution in [0.25, 0.3) is 11.2 Å². The lowest BCUT2D eigenvalue weighted by Crippen LogP contribution is -2.35. The second kappa shape index (κ2) is 11.7. The maximum absolute atomic E-state index is 12.3. The van der Waals surface area contributed by atoms with Gasteiger partial charge in [0.25, 0.3) is 0 Å². The Morgan fingerprint density at radius 2 is 1.94 bits per heavy atom. The lowest BCUT2D eigenvalue weighted by Gasteiger charge is -2.24. The first kappa shape index (κ1) is 25.4. The summed E-state index contributed by atoms with van der Waals surface area (Å²) in [5.41, 5.74) is 6.08.